The lowest BCUT2D eigenvalue weighted by molar-refractivity contribution is 0.560. The molecule has 1 atom stereocenters. The van der Waals surface area contributed by atoms with Crippen LogP contribution in [0.25, 0.3) is 11.0 Å². The van der Waals surface area contributed by atoms with Gasteiger partial charge in [-0.2, -0.15) is 0 Å². The summed E-state index contributed by atoms with van der Waals surface area (Å²) in [5.74, 6) is 0.510. The summed E-state index contributed by atoms with van der Waals surface area (Å²) in [4.78, 5) is 13.2. The van der Waals surface area contributed by atoms with Gasteiger partial charge in [-0.05, 0) is 25.0 Å². The Hall–Kier alpha value is -1.51. The lowest BCUT2D eigenvalue weighted by atomic mass is 9.94. The highest BCUT2D eigenvalue weighted by molar-refractivity contribution is 5.76. The standard InChI is InChI=1S/C14H19N3/c1-3-5-7-11(4-2)13-14-12(16-10-17-13)8-6-9-15-14/h6,8-11H,3-5,7H2,1-2H3. The number of aromatic nitrogens is 3. The summed E-state index contributed by atoms with van der Waals surface area (Å²) in [6, 6.07) is 3.92. The van der Waals surface area contributed by atoms with E-state index in [0.29, 0.717) is 5.92 Å². The Morgan fingerprint density at radius 2 is 2.06 bits per heavy atom. The van der Waals surface area contributed by atoms with Crippen molar-refractivity contribution in [1.29, 1.82) is 0 Å². The van der Waals surface area contributed by atoms with Gasteiger partial charge in [-0.15, -0.1) is 0 Å². The molecule has 1 unspecified atom stereocenters. The Balaban J connectivity index is 2.38. The highest BCUT2D eigenvalue weighted by atomic mass is 14.9. The Morgan fingerprint density at radius 3 is 2.82 bits per heavy atom. The molecule has 2 aromatic rings. The van der Waals surface area contributed by atoms with E-state index in [1.54, 1.807) is 6.33 Å². The number of unbranched alkanes of at least 4 members (excludes halogenated alkanes) is 1. The first-order valence-electron chi connectivity index (χ1n) is 6.42. The normalized spacial score (nSPS) is 12.8. The molecule has 0 radical (unpaired) electrons. The van der Waals surface area contributed by atoms with Crippen LogP contribution < -0.4 is 0 Å². The van der Waals surface area contributed by atoms with E-state index in [0.717, 1.165) is 23.1 Å². The van der Waals surface area contributed by atoms with Crippen LogP contribution in [-0.2, 0) is 0 Å². The van der Waals surface area contributed by atoms with Gasteiger partial charge >= 0.3 is 0 Å². The van der Waals surface area contributed by atoms with Crippen molar-refractivity contribution < 1.29 is 0 Å². The van der Waals surface area contributed by atoms with Gasteiger partial charge in [0.25, 0.3) is 0 Å². The van der Waals surface area contributed by atoms with Crippen molar-refractivity contribution >= 4 is 11.0 Å². The molecule has 0 aromatic carbocycles. The lowest BCUT2D eigenvalue weighted by Gasteiger charge is -2.14. The monoisotopic (exact) mass is 229 g/mol. The fourth-order valence-corrected chi connectivity index (χ4v) is 2.20. The third-order valence-corrected chi connectivity index (χ3v) is 3.21. The van der Waals surface area contributed by atoms with Crippen molar-refractivity contribution in [2.24, 2.45) is 0 Å². The second kappa shape index (κ2) is 5.71. The lowest BCUT2D eigenvalue weighted by Crippen LogP contribution is -2.03. The molecule has 0 aliphatic heterocycles. The molecule has 0 aliphatic carbocycles. The van der Waals surface area contributed by atoms with Gasteiger partial charge < -0.3 is 0 Å². The molecule has 0 saturated heterocycles. The zero-order valence-electron chi connectivity index (χ0n) is 10.6. The third-order valence-electron chi connectivity index (χ3n) is 3.21. The second-order valence-corrected chi connectivity index (χ2v) is 4.38. The van der Waals surface area contributed by atoms with Gasteiger partial charge in [0.05, 0.1) is 11.2 Å². The Labute approximate surface area is 102 Å². The molecule has 0 aliphatic rings. The summed E-state index contributed by atoms with van der Waals surface area (Å²) < 4.78 is 0. The fourth-order valence-electron chi connectivity index (χ4n) is 2.20. The van der Waals surface area contributed by atoms with Gasteiger partial charge in [0.2, 0.25) is 0 Å². The molecule has 0 spiro atoms. The molecule has 0 N–H and O–H groups in total. The number of nitrogens with zero attached hydrogens (tertiary/aromatic N) is 3. The average molecular weight is 229 g/mol. The highest BCUT2D eigenvalue weighted by Gasteiger charge is 2.14. The van der Waals surface area contributed by atoms with E-state index in [9.17, 15) is 0 Å². The van der Waals surface area contributed by atoms with Crippen LogP contribution in [0.5, 0.6) is 0 Å². The number of hydrogen-bond acceptors (Lipinski definition) is 3. The van der Waals surface area contributed by atoms with Crippen molar-refractivity contribution in [2.75, 3.05) is 0 Å². The molecular weight excluding hydrogens is 210 g/mol. The van der Waals surface area contributed by atoms with Gasteiger partial charge in [0.15, 0.2) is 0 Å². The topological polar surface area (TPSA) is 38.7 Å². The predicted molar refractivity (Wildman–Crippen MR) is 69.9 cm³/mol. The first kappa shape index (κ1) is 12.0. The van der Waals surface area contributed by atoms with Crippen LogP contribution in [0.4, 0.5) is 0 Å². The molecule has 0 amide bonds. The first-order valence-corrected chi connectivity index (χ1v) is 6.42. The molecule has 2 heterocycles. The zero-order valence-corrected chi connectivity index (χ0v) is 10.6. The number of hydrogen-bond donors (Lipinski definition) is 0. The Kier molecular flexibility index (Phi) is 4.02. The summed E-state index contributed by atoms with van der Waals surface area (Å²) in [6.07, 6.45) is 8.26. The van der Waals surface area contributed by atoms with E-state index in [-0.39, 0.29) is 0 Å². The van der Waals surface area contributed by atoms with Crippen LogP contribution in [0.2, 0.25) is 0 Å². The van der Waals surface area contributed by atoms with Gasteiger partial charge in [0, 0.05) is 12.1 Å². The maximum Gasteiger partial charge on any atom is 0.116 e. The Bertz CT molecular complexity index is 476. The van der Waals surface area contributed by atoms with Crippen molar-refractivity contribution in [2.45, 2.75) is 45.4 Å². The van der Waals surface area contributed by atoms with Crippen LogP contribution in [0.3, 0.4) is 0 Å². The second-order valence-electron chi connectivity index (χ2n) is 4.38. The van der Waals surface area contributed by atoms with Gasteiger partial charge in [-0.1, -0.05) is 26.7 Å². The number of rotatable bonds is 5. The summed E-state index contributed by atoms with van der Waals surface area (Å²) in [5, 5.41) is 0. The summed E-state index contributed by atoms with van der Waals surface area (Å²) in [7, 11) is 0. The number of fused-ring (bicyclic) bond motifs is 1. The molecule has 3 nitrogen and oxygen atoms in total. The minimum Gasteiger partial charge on any atom is -0.253 e. The largest absolute Gasteiger partial charge is 0.253 e. The van der Waals surface area contributed by atoms with Gasteiger partial charge in [-0.25, -0.2) is 9.97 Å². The van der Waals surface area contributed by atoms with Crippen molar-refractivity contribution in [1.82, 2.24) is 15.0 Å². The fraction of sp³-hybridized carbons (Fsp3) is 0.500. The van der Waals surface area contributed by atoms with Crippen LogP contribution in [0.1, 0.15) is 51.1 Å². The molecular formula is C14H19N3. The highest BCUT2D eigenvalue weighted by Crippen LogP contribution is 2.27. The average Bonchev–Trinajstić information content (AvgIpc) is 2.40. The molecule has 0 fully saturated rings. The predicted octanol–water partition coefficient (Wildman–Crippen LogP) is 3.71. The molecule has 17 heavy (non-hydrogen) atoms. The van der Waals surface area contributed by atoms with E-state index >= 15 is 0 Å². The minimum atomic E-state index is 0.510. The van der Waals surface area contributed by atoms with Crippen molar-refractivity contribution in [3.8, 4) is 0 Å². The summed E-state index contributed by atoms with van der Waals surface area (Å²) >= 11 is 0. The van der Waals surface area contributed by atoms with E-state index in [4.69, 9.17) is 0 Å². The van der Waals surface area contributed by atoms with E-state index in [1.165, 1.54) is 19.3 Å². The van der Waals surface area contributed by atoms with Crippen LogP contribution in [-0.4, -0.2) is 15.0 Å². The molecule has 90 valence electrons. The van der Waals surface area contributed by atoms with Gasteiger partial charge in [0.1, 0.15) is 11.8 Å². The van der Waals surface area contributed by atoms with Crippen LogP contribution in [0.15, 0.2) is 24.7 Å². The molecule has 2 rings (SSSR count). The number of pyridine rings is 1. The van der Waals surface area contributed by atoms with Crippen LogP contribution in [0, 0.1) is 0 Å². The van der Waals surface area contributed by atoms with Crippen LogP contribution >= 0.6 is 0 Å². The molecule has 2 aromatic heterocycles. The first-order chi connectivity index (χ1) is 8.36. The van der Waals surface area contributed by atoms with E-state index < -0.39 is 0 Å². The SMILES string of the molecule is CCCCC(CC)c1ncnc2cccnc12. The maximum atomic E-state index is 4.46. The summed E-state index contributed by atoms with van der Waals surface area (Å²) in [5.41, 5.74) is 3.04. The zero-order chi connectivity index (χ0) is 12.1. The van der Waals surface area contributed by atoms with Crippen molar-refractivity contribution in [3.05, 3.63) is 30.4 Å². The molecule has 3 heteroatoms. The minimum absolute atomic E-state index is 0.510. The van der Waals surface area contributed by atoms with Crippen molar-refractivity contribution in [3.63, 3.8) is 0 Å². The van der Waals surface area contributed by atoms with E-state index in [1.807, 2.05) is 18.3 Å². The Morgan fingerprint density at radius 1 is 1.18 bits per heavy atom. The maximum absolute atomic E-state index is 4.46. The third kappa shape index (κ3) is 2.60. The van der Waals surface area contributed by atoms with E-state index in [2.05, 4.69) is 28.8 Å². The smallest absolute Gasteiger partial charge is 0.116 e. The molecule has 0 saturated carbocycles. The van der Waals surface area contributed by atoms with Gasteiger partial charge in [-0.3, -0.25) is 4.98 Å². The molecule has 0 bridgehead atoms. The quantitative estimate of drug-likeness (QED) is 0.784. The summed E-state index contributed by atoms with van der Waals surface area (Å²) in [6.45, 7) is 4.44.